The summed E-state index contributed by atoms with van der Waals surface area (Å²) in [6.45, 7) is 6.99. The van der Waals surface area contributed by atoms with Crippen molar-refractivity contribution in [2.24, 2.45) is 5.92 Å². The third-order valence-corrected chi connectivity index (χ3v) is 5.51. The molecule has 3 heterocycles. The standard InChI is InChI=1S/C19H25N5O2S/c1-3-23(4-2)16-8-7-14(12-21-16)18(26)24-10-5-6-15(13-24)17(25)22-19-20-9-11-27-19/h7-9,11-12,15H,3-6,10,13H2,1-2H3,(H,20,22,25). The van der Waals surface area contributed by atoms with Crippen LogP contribution in [-0.2, 0) is 4.79 Å². The Morgan fingerprint density at radius 2 is 2.11 bits per heavy atom. The minimum absolute atomic E-state index is 0.0691. The van der Waals surface area contributed by atoms with Gasteiger partial charge in [0.1, 0.15) is 5.82 Å². The molecule has 1 aliphatic heterocycles. The van der Waals surface area contributed by atoms with E-state index in [1.807, 2.05) is 17.5 Å². The lowest BCUT2D eigenvalue weighted by atomic mass is 9.96. The second-order valence-corrected chi connectivity index (χ2v) is 7.39. The van der Waals surface area contributed by atoms with E-state index >= 15 is 0 Å². The van der Waals surface area contributed by atoms with Crippen molar-refractivity contribution in [2.45, 2.75) is 26.7 Å². The largest absolute Gasteiger partial charge is 0.357 e. The van der Waals surface area contributed by atoms with Gasteiger partial charge in [-0.15, -0.1) is 11.3 Å². The van der Waals surface area contributed by atoms with Gasteiger partial charge in [-0.05, 0) is 38.8 Å². The topological polar surface area (TPSA) is 78.4 Å². The molecule has 0 spiro atoms. The van der Waals surface area contributed by atoms with Crippen LogP contribution in [0, 0.1) is 5.92 Å². The van der Waals surface area contributed by atoms with Gasteiger partial charge in [0.05, 0.1) is 11.5 Å². The smallest absolute Gasteiger partial charge is 0.255 e. The van der Waals surface area contributed by atoms with E-state index in [2.05, 4.69) is 34.0 Å². The van der Waals surface area contributed by atoms with Gasteiger partial charge < -0.3 is 15.1 Å². The number of thiazole rings is 1. The van der Waals surface area contributed by atoms with E-state index in [0.29, 0.717) is 23.8 Å². The highest BCUT2D eigenvalue weighted by molar-refractivity contribution is 7.13. The van der Waals surface area contributed by atoms with Crippen LogP contribution in [0.3, 0.4) is 0 Å². The molecule has 0 aromatic carbocycles. The molecule has 1 fully saturated rings. The molecule has 1 atom stereocenters. The Morgan fingerprint density at radius 1 is 1.30 bits per heavy atom. The molecule has 1 aliphatic rings. The van der Waals surface area contributed by atoms with Crippen LogP contribution < -0.4 is 10.2 Å². The monoisotopic (exact) mass is 387 g/mol. The Morgan fingerprint density at radius 3 is 2.74 bits per heavy atom. The van der Waals surface area contributed by atoms with Gasteiger partial charge >= 0.3 is 0 Å². The number of pyridine rings is 1. The molecular formula is C19H25N5O2S. The van der Waals surface area contributed by atoms with E-state index < -0.39 is 0 Å². The Balaban J connectivity index is 1.63. The number of likely N-dealkylation sites (tertiary alicyclic amines) is 1. The van der Waals surface area contributed by atoms with Gasteiger partial charge in [0, 0.05) is 44.0 Å². The van der Waals surface area contributed by atoms with Gasteiger partial charge in [0.15, 0.2) is 5.13 Å². The summed E-state index contributed by atoms with van der Waals surface area (Å²) < 4.78 is 0. The number of piperidine rings is 1. The first-order chi connectivity index (χ1) is 13.1. The van der Waals surface area contributed by atoms with E-state index in [0.717, 1.165) is 31.7 Å². The lowest BCUT2D eigenvalue weighted by molar-refractivity contribution is -0.121. The molecule has 7 nitrogen and oxygen atoms in total. The zero-order valence-electron chi connectivity index (χ0n) is 15.7. The number of carbonyl (C=O) groups is 2. The van der Waals surface area contributed by atoms with E-state index in [1.54, 1.807) is 17.3 Å². The number of anilines is 2. The zero-order chi connectivity index (χ0) is 19.2. The second kappa shape index (κ2) is 8.94. The second-order valence-electron chi connectivity index (χ2n) is 6.49. The molecule has 3 rings (SSSR count). The molecule has 27 heavy (non-hydrogen) atoms. The number of hydrogen-bond acceptors (Lipinski definition) is 6. The van der Waals surface area contributed by atoms with E-state index in [-0.39, 0.29) is 17.7 Å². The number of rotatable bonds is 6. The third-order valence-electron chi connectivity index (χ3n) is 4.82. The molecule has 1 saturated heterocycles. The van der Waals surface area contributed by atoms with Crippen LogP contribution in [0.25, 0.3) is 0 Å². The molecule has 8 heteroatoms. The quantitative estimate of drug-likeness (QED) is 0.825. The van der Waals surface area contributed by atoms with Gasteiger partial charge in [0.2, 0.25) is 5.91 Å². The molecular weight excluding hydrogens is 362 g/mol. The summed E-state index contributed by atoms with van der Waals surface area (Å²) in [4.78, 5) is 37.7. The van der Waals surface area contributed by atoms with Gasteiger partial charge in [-0.2, -0.15) is 0 Å². The summed E-state index contributed by atoms with van der Waals surface area (Å²) in [6.07, 6.45) is 4.88. The first-order valence-electron chi connectivity index (χ1n) is 9.33. The summed E-state index contributed by atoms with van der Waals surface area (Å²) in [5.41, 5.74) is 0.562. The van der Waals surface area contributed by atoms with Crippen LogP contribution >= 0.6 is 11.3 Å². The first kappa shape index (κ1) is 19.3. The summed E-state index contributed by atoms with van der Waals surface area (Å²) in [5.74, 6) is 0.517. The maximum atomic E-state index is 12.8. The summed E-state index contributed by atoms with van der Waals surface area (Å²) in [6, 6.07) is 3.71. The Bertz CT molecular complexity index is 759. The predicted octanol–water partition coefficient (Wildman–Crippen LogP) is 2.88. The number of aromatic nitrogens is 2. The third kappa shape index (κ3) is 4.63. The maximum absolute atomic E-state index is 12.8. The Hall–Kier alpha value is -2.48. The van der Waals surface area contributed by atoms with Crippen LogP contribution in [0.2, 0.25) is 0 Å². The van der Waals surface area contributed by atoms with Crippen molar-refractivity contribution < 1.29 is 9.59 Å². The normalized spacial score (nSPS) is 16.8. The van der Waals surface area contributed by atoms with Crippen LogP contribution in [-0.4, -0.2) is 52.9 Å². The molecule has 1 unspecified atom stereocenters. The van der Waals surface area contributed by atoms with Crippen molar-refractivity contribution in [2.75, 3.05) is 36.4 Å². The van der Waals surface area contributed by atoms with Crippen molar-refractivity contribution in [1.29, 1.82) is 0 Å². The van der Waals surface area contributed by atoms with Gasteiger partial charge in [-0.1, -0.05) is 0 Å². The number of nitrogens with zero attached hydrogens (tertiary/aromatic N) is 4. The molecule has 0 radical (unpaired) electrons. The predicted molar refractivity (Wildman–Crippen MR) is 107 cm³/mol. The lowest BCUT2D eigenvalue weighted by Crippen LogP contribution is -2.43. The van der Waals surface area contributed by atoms with Crippen molar-refractivity contribution in [3.63, 3.8) is 0 Å². The fourth-order valence-corrected chi connectivity index (χ4v) is 3.83. The molecule has 0 aliphatic carbocycles. The van der Waals surface area contributed by atoms with Gasteiger partial charge in [-0.25, -0.2) is 9.97 Å². The minimum Gasteiger partial charge on any atom is -0.357 e. The highest BCUT2D eigenvalue weighted by Gasteiger charge is 2.29. The summed E-state index contributed by atoms with van der Waals surface area (Å²) in [7, 11) is 0. The van der Waals surface area contributed by atoms with Crippen LogP contribution in [0.15, 0.2) is 29.9 Å². The van der Waals surface area contributed by atoms with E-state index in [9.17, 15) is 9.59 Å². The fraction of sp³-hybridized carbons (Fsp3) is 0.474. The van der Waals surface area contributed by atoms with Crippen LogP contribution in [0.5, 0.6) is 0 Å². The SMILES string of the molecule is CCN(CC)c1ccc(C(=O)N2CCCC(C(=O)Nc3nccs3)C2)cn1. The Kier molecular flexibility index (Phi) is 6.39. The average molecular weight is 388 g/mol. The molecule has 144 valence electrons. The number of nitrogens with one attached hydrogen (secondary N) is 1. The van der Waals surface area contributed by atoms with Gasteiger partial charge in [-0.3, -0.25) is 9.59 Å². The molecule has 1 N–H and O–H groups in total. The Labute approximate surface area is 163 Å². The zero-order valence-corrected chi connectivity index (χ0v) is 16.5. The van der Waals surface area contributed by atoms with Crippen LogP contribution in [0.1, 0.15) is 37.0 Å². The fourth-order valence-electron chi connectivity index (χ4n) is 3.30. The van der Waals surface area contributed by atoms with Crippen molar-refractivity contribution in [3.05, 3.63) is 35.5 Å². The maximum Gasteiger partial charge on any atom is 0.255 e. The molecule has 2 amide bonds. The number of hydrogen-bond donors (Lipinski definition) is 1. The highest BCUT2D eigenvalue weighted by Crippen LogP contribution is 2.21. The molecule has 2 aromatic rings. The number of amides is 2. The van der Waals surface area contributed by atoms with Gasteiger partial charge in [0.25, 0.3) is 5.91 Å². The van der Waals surface area contributed by atoms with Crippen molar-refractivity contribution in [3.8, 4) is 0 Å². The molecule has 0 bridgehead atoms. The summed E-state index contributed by atoms with van der Waals surface area (Å²) >= 11 is 1.39. The van der Waals surface area contributed by atoms with E-state index in [4.69, 9.17) is 0 Å². The van der Waals surface area contributed by atoms with Crippen LogP contribution in [0.4, 0.5) is 10.9 Å². The van der Waals surface area contributed by atoms with Crippen molar-refractivity contribution in [1.82, 2.24) is 14.9 Å². The highest BCUT2D eigenvalue weighted by atomic mass is 32.1. The summed E-state index contributed by atoms with van der Waals surface area (Å²) in [5, 5.41) is 5.25. The average Bonchev–Trinajstić information content (AvgIpc) is 3.22. The number of carbonyl (C=O) groups excluding carboxylic acids is 2. The lowest BCUT2D eigenvalue weighted by Gasteiger charge is -2.32. The van der Waals surface area contributed by atoms with E-state index in [1.165, 1.54) is 11.3 Å². The first-order valence-corrected chi connectivity index (χ1v) is 10.2. The molecule has 2 aromatic heterocycles. The van der Waals surface area contributed by atoms with Crippen molar-refractivity contribution >= 4 is 34.1 Å². The molecule has 0 saturated carbocycles. The minimum atomic E-state index is -0.213.